The quantitative estimate of drug-likeness (QED) is 0.654. The minimum absolute atomic E-state index is 0.342. The van der Waals surface area contributed by atoms with Crippen molar-refractivity contribution >= 4 is 39.1 Å². The van der Waals surface area contributed by atoms with Gasteiger partial charge in [0.05, 0.1) is 17.2 Å². The third kappa shape index (κ3) is 1.84. The highest BCUT2D eigenvalue weighted by Gasteiger charge is 2.12. The third-order valence-corrected chi connectivity index (χ3v) is 4.12. The molecular weight excluding hydrogens is 240 g/mol. The van der Waals surface area contributed by atoms with Gasteiger partial charge in [-0.1, -0.05) is 11.8 Å². The predicted octanol–water partition coefficient (Wildman–Crippen LogP) is 2.51. The number of aromatic nitrogens is 2. The van der Waals surface area contributed by atoms with E-state index in [4.69, 9.17) is 11.0 Å². The summed E-state index contributed by atoms with van der Waals surface area (Å²) in [6, 6.07) is 2.05. The first kappa shape index (κ1) is 11.2. The van der Waals surface area contributed by atoms with Gasteiger partial charge in [-0.25, -0.2) is 9.97 Å². The standard InChI is InChI=1S/C10H10N4S2/c1-5-6(2)16-9-7(5)8(12)13-10(14-9)15-4-3-11/h4H2,1-2H3,(H2,12,13,14). The second-order valence-corrected chi connectivity index (χ2v) is 5.45. The summed E-state index contributed by atoms with van der Waals surface area (Å²) in [5, 5.41) is 10.0. The Balaban J connectivity index is 2.56. The van der Waals surface area contributed by atoms with Crippen molar-refractivity contribution in [3.63, 3.8) is 0 Å². The zero-order chi connectivity index (χ0) is 11.7. The van der Waals surface area contributed by atoms with Gasteiger partial charge in [0.15, 0.2) is 5.16 Å². The maximum Gasteiger partial charge on any atom is 0.191 e. The highest BCUT2D eigenvalue weighted by Crippen LogP contribution is 2.33. The van der Waals surface area contributed by atoms with Crippen molar-refractivity contribution in [1.82, 2.24) is 9.97 Å². The van der Waals surface area contributed by atoms with E-state index in [1.807, 2.05) is 19.9 Å². The Morgan fingerprint density at radius 2 is 2.19 bits per heavy atom. The molecule has 0 unspecified atom stereocenters. The van der Waals surface area contributed by atoms with Crippen LogP contribution in [0.1, 0.15) is 10.4 Å². The normalized spacial score (nSPS) is 10.6. The van der Waals surface area contributed by atoms with Crippen LogP contribution in [-0.2, 0) is 0 Å². The van der Waals surface area contributed by atoms with Gasteiger partial charge >= 0.3 is 0 Å². The highest BCUT2D eigenvalue weighted by molar-refractivity contribution is 7.99. The summed E-state index contributed by atoms with van der Waals surface area (Å²) < 4.78 is 0. The van der Waals surface area contributed by atoms with Crippen LogP contribution >= 0.6 is 23.1 Å². The number of hydrogen-bond acceptors (Lipinski definition) is 6. The van der Waals surface area contributed by atoms with E-state index in [-0.39, 0.29) is 0 Å². The van der Waals surface area contributed by atoms with Gasteiger partial charge in [0, 0.05) is 4.88 Å². The molecule has 2 rings (SSSR count). The van der Waals surface area contributed by atoms with Crippen LogP contribution < -0.4 is 5.73 Å². The monoisotopic (exact) mass is 250 g/mol. The van der Waals surface area contributed by atoms with Crippen LogP contribution in [0.2, 0.25) is 0 Å². The molecule has 2 aromatic rings. The summed E-state index contributed by atoms with van der Waals surface area (Å²) >= 11 is 2.92. The zero-order valence-corrected chi connectivity index (χ0v) is 10.6. The fourth-order valence-electron chi connectivity index (χ4n) is 1.42. The third-order valence-electron chi connectivity index (χ3n) is 2.30. The summed E-state index contributed by atoms with van der Waals surface area (Å²) in [6.07, 6.45) is 0. The molecule has 0 amide bonds. The highest BCUT2D eigenvalue weighted by atomic mass is 32.2. The molecule has 16 heavy (non-hydrogen) atoms. The number of nitrogens with two attached hydrogens (primary N) is 1. The smallest absolute Gasteiger partial charge is 0.191 e. The van der Waals surface area contributed by atoms with Crippen molar-refractivity contribution in [2.45, 2.75) is 19.0 Å². The number of hydrogen-bond donors (Lipinski definition) is 1. The summed E-state index contributed by atoms with van der Waals surface area (Å²) in [5.74, 6) is 0.848. The summed E-state index contributed by atoms with van der Waals surface area (Å²) in [5.41, 5.74) is 7.05. The lowest BCUT2D eigenvalue weighted by Gasteiger charge is -2.00. The van der Waals surface area contributed by atoms with E-state index in [1.54, 1.807) is 11.3 Å². The molecule has 0 aliphatic heterocycles. The molecule has 0 atom stereocenters. The number of nitrogens with zero attached hydrogens (tertiary/aromatic N) is 3. The van der Waals surface area contributed by atoms with Gasteiger partial charge in [0.2, 0.25) is 0 Å². The van der Waals surface area contributed by atoms with Crippen molar-refractivity contribution in [1.29, 1.82) is 5.26 Å². The van der Waals surface area contributed by atoms with Crippen molar-refractivity contribution in [2.75, 3.05) is 11.5 Å². The molecule has 6 heteroatoms. The number of thioether (sulfide) groups is 1. The van der Waals surface area contributed by atoms with E-state index < -0.39 is 0 Å². The number of anilines is 1. The second-order valence-electron chi connectivity index (χ2n) is 3.30. The number of nitrogen functional groups attached to an aromatic ring is 1. The SMILES string of the molecule is Cc1sc2nc(SCC#N)nc(N)c2c1C. The van der Waals surface area contributed by atoms with Gasteiger partial charge < -0.3 is 5.73 Å². The molecule has 0 aliphatic rings. The van der Waals surface area contributed by atoms with Crippen LogP contribution in [0.4, 0.5) is 5.82 Å². The Morgan fingerprint density at radius 1 is 1.44 bits per heavy atom. The number of rotatable bonds is 2. The predicted molar refractivity (Wildman–Crippen MR) is 67.6 cm³/mol. The second kappa shape index (κ2) is 4.28. The lowest BCUT2D eigenvalue weighted by molar-refractivity contribution is 1.02. The number of nitriles is 1. The van der Waals surface area contributed by atoms with Gasteiger partial charge in [-0.3, -0.25) is 0 Å². The van der Waals surface area contributed by atoms with Crippen molar-refractivity contribution in [3.8, 4) is 6.07 Å². The van der Waals surface area contributed by atoms with Crippen LogP contribution in [0.5, 0.6) is 0 Å². The molecule has 2 aromatic heterocycles. The molecule has 4 nitrogen and oxygen atoms in total. The number of fused-ring (bicyclic) bond motifs is 1. The van der Waals surface area contributed by atoms with Crippen molar-refractivity contribution < 1.29 is 0 Å². The average molecular weight is 250 g/mol. The topological polar surface area (TPSA) is 75.6 Å². The largest absolute Gasteiger partial charge is 0.383 e. The Labute approximate surface area is 102 Å². The van der Waals surface area contributed by atoms with Crippen LogP contribution in [0.15, 0.2) is 5.16 Å². The molecule has 0 radical (unpaired) electrons. The first-order valence-electron chi connectivity index (χ1n) is 4.66. The minimum atomic E-state index is 0.342. The van der Waals surface area contributed by atoms with Crippen LogP contribution in [0, 0.1) is 25.2 Å². The first-order chi connectivity index (χ1) is 7.63. The molecule has 0 saturated carbocycles. The fourth-order valence-corrected chi connectivity index (χ4v) is 3.03. The van der Waals surface area contributed by atoms with Crippen LogP contribution in [0.25, 0.3) is 10.2 Å². The summed E-state index contributed by atoms with van der Waals surface area (Å²) in [4.78, 5) is 10.7. The van der Waals surface area contributed by atoms with Crippen LogP contribution in [-0.4, -0.2) is 15.7 Å². The molecule has 0 saturated heterocycles. The van der Waals surface area contributed by atoms with E-state index in [9.17, 15) is 0 Å². The van der Waals surface area contributed by atoms with Gasteiger partial charge in [-0.15, -0.1) is 11.3 Å². The van der Waals surface area contributed by atoms with Gasteiger partial charge in [0.25, 0.3) is 0 Å². The van der Waals surface area contributed by atoms with Gasteiger partial charge in [-0.2, -0.15) is 5.26 Å². The molecule has 0 bridgehead atoms. The van der Waals surface area contributed by atoms with Gasteiger partial charge in [0.1, 0.15) is 10.6 Å². The fraction of sp³-hybridized carbons (Fsp3) is 0.300. The molecule has 0 spiro atoms. The van der Waals surface area contributed by atoms with E-state index in [2.05, 4.69) is 9.97 Å². The Kier molecular flexibility index (Phi) is 2.99. The Morgan fingerprint density at radius 3 is 2.88 bits per heavy atom. The molecule has 0 aliphatic carbocycles. The van der Waals surface area contributed by atoms with E-state index in [0.717, 1.165) is 15.8 Å². The van der Waals surface area contributed by atoms with Crippen molar-refractivity contribution in [2.24, 2.45) is 0 Å². The zero-order valence-electron chi connectivity index (χ0n) is 8.94. The molecular formula is C10H10N4S2. The van der Waals surface area contributed by atoms with Crippen LogP contribution in [0.3, 0.4) is 0 Å². The number of aryl methyl sites for hydroxylation is 2. The molecule has 0 fully saturated rings. The van der Waals surface area contributed by atoms with Crippen molar-refractivity contribution in [3.05, 3.63) is 10.4 Å². The number of thiophene rings is 1. The van der Waals surface area contributed by atoms with E-state index >= 15 is 0 Å². The maximum absolute atomic E-state index is 8.50. The van der Waals surface area contributed by atoms with Gasteiger partial charge in [-0.05, 0) is 19.4 Å². The lowest BCUT2D eigenvalue weighted by Crippen LogP contribution is -1.96. The molecule has 0 aromatic carbocycles. The lowest BCUT2D eigenvalue weighted by atomic mass is 10.2. The van der Waals surface area contributed by atoms with E-state index in [0.29, 0.717) is 16.7 Å². The first-order valence-corrected chi connectivity index (χ1v) is 6.46. The van der Waals surface area contributed by atoms with E-state index in [1.165, 1.54) is 16.6 Å². The molecule has 2 heterocycles. The maximum atomic E-state index is 8.50. The Bertz CT molecular complexity index is 582. The average Bonchev–Trinajstić information content (AvgIpc) is 2.52. The minimum Gasteiger partial charge on any atom is -0.383 e. The molecule has 2 N–H and O–H groups in total. The summed E-state index contributed by atoms with van der Waals surface area (Å²) in [7, 11) is 0. The summed E-state index contributed by atoms with van der Waals surface area (Å²) in [6.45, 7) is 4.07. The Hall–Kier alpha value is -1.32. The molecule has 82 valence electrons.